The zero-order valence-corrected chi connectivity index (χ0v) is 13.2. The number of thiazole rings is 1. The van der Waals surface area contributed by atoms with Crippen LogP contribution in [0.25, 0.3) is 0 Å². The van der Waals surface area contributed by atoms with Crippen molar-refractivity contribution in [1.82, 2.24) is 4.98 Å². The fraction of sp³-hybridized carbons (Fsp3) is 0.267. The fourth-order valence-electron chi connectivity index (χ4n) is 1.79. The highest BCUT2D eigenvalue weighted by atomic mass is 32.1. The van der Waals surface area contributed by atoms with Gasteiger partial charge in [-0.05, 0) is 31.5 Å². The van der Waals surface area contributed by atoms with Crippen molar-refractivity contribution in [1.29, 1.82) is 0 Å². The monoisotopic (exact) mass is 319 g/mol. The molecule has 2 N–H and O–H groups in total. The predicted octanol–water partition coefficient (Wildman–Crippen LogP) is 3.20. The van der Waals surface area contributed by atoms with Crippen molar-refractivity contribution in [2.75, 3.05) is 17.2 Å². The van der Waals surface area contributed by atoms with Gasteiger partial charge in [0.05, 0.1) is 18.7 Å². The molecule has 0 atom stereocenters. The van der Waals surface area contributed by atoms with Crippen LogP contribution in [-0.4, -0.2) is 23.6 Å². The lowest BCUT2D eigenvalue weighted by Gasteiger charge is -2.04. The van der Waals surface area contributed by atoms with Crippen molar-refractivity contribution in [3.05, 3.63) is 40.9 Å². The lowest BCUT2D eigenvalue weighted by atomic mass is 10.2. The van der Waals surface area contributed by atoms with E-state index in [0.29, 0.717) is 17.4 Å². The highest BCUT2D eigenvalue weighted by Crippen LogP contribution is 2.17. The van der Waals surface area contributed by atoms with Crippen LogP contribution in [0.2, 0.25) is 0 Å². The van der Waals surface area contributed by atoms with Crippen molar-refractivity contribution in [3.8, 4) is 0 Å². The van der Waals surface area contributed by atoms with E-state index in [2.05, 4.69) is 15.6 Å². The summed E-state index contributed by atoms with van der Waals surface area (Å²) in [6.07, 6.45) is -0.401. The van der Waals surface area contributed by atoms with E-state index in [-0.39, 0.29) is 12.3 Å². The minimum atomic E-state index is -0.549. The summed E-state index contributed by atoms with van der Waals surface area (Å²) in [5, 5.41) is 7.47. The number of rotatable bonds is 5. The van der Waals surface area contributed by atoms with Gasteiger partial charge in [-0.15, -0.1) is 11.3 Å². The Morgan fingerprint density at radius 3 is 2.86 bits per heavy atom. The summed E-state index contributed by atoms with van der Waals surface area (Å²) < 4.78 is 4.76. The van der Waals surface area contributed by atoms with Gasteiger partial charge in [0.2, 0.25) is 5.91 Å². The van der Waals surface area contributed by atoms with Crippen LogP contribution in [0.15, 0.2) is 29.6 Å². The Kier molecular flexibility index (Phi) is 5.48. The van der Waals surface area contributed by atoms with Crippen LogP contribution < -0.4 is 10.6 Å². The second-order valence-electron chi connectivity index (χ2n) is 4.58. The van der Waals surface area contributed by atoms with E-state index < -0.39 is 6.09 Å². The maximum Gasteiger partial charge on any atom is 0.413 e. The van der Waals surface area contributed by atoms with Gasteiger partial charge in [-0.2, -0.15) is 0 Å². The Balaban J connectivity index is 1.89. The summed E-state index contributed by atoms with van der Waals surface area (Å²) in [4.78, 5) is 27.4. The standard InChI is InChI=1S/C15H17N3O3S/c1-3-21-15(20)18-14-17-12(9-22-14)8-13(19)16-11-6-4-5-10(2)7-11/h4-7,9H,3,8H2,1-2H3,(H,16,19)(H,17,18,20). The molecular formula is C15H17N3O3S. The molecule has 0 unspecified atom stereocenters. The minimum absolute atomic E-state index is 0.148. The molecule has 0 saturated heterocycles. The number of benzene rings is 1. The van der Waals surface area contributed by atoms with E-state index >= 15 is 0 Å². The van der Waals surface area contributed by atoms with Gasteiger partial charge in [0, 0.05) is 11.1 Å². The number of carbonyl (C=O) groups is 2. The van der Waals surface area contributed by atoms with Crippen molar-refractivity contribution in [2.45, 2.75) is 20.3 Å². The summed E-state index contributed by atoms with van der Waals surface area (Å²) in [7, 11) is 0. The Hall–Kier alpha value is -2.41. The Bertz CT molecular complexity index is 670. The van der Waals surface area contributed by atoms with Crippen LogP contribution >= 0.6 is 11.3 Å². The third-order valence-corrected chi connectivity index (χ3v) is 3.49. The van der Waals surface area contributed by atoms with Crippen LogP contribution in [0.5, 0.6) is 0 Å². The molecule has 0 saturated carbocycles. The zero-order valence-electron chi connectivity index (χ0n) is 12.4. The molecule has 2 aromatic rings. The molecule has 22 heavy (non-hydrogen) atoms. The van der Waals surface area contributed by atoms with Gasteiger partial charge in [0.15, 0.2) is 5.13 Å². The van der Waals surface area contributed by atoms with Crippen LogP contribution in [0, 0.1) is 6.92 Å². The number of ether oxygens (including phenoxy) is 1. The normalized spacial score (nSPS) is 10.1. The maximum atomic E-state index is 12.0. The first kappa shape index (κ1) is 16.0. The van der Waals surface area contributed by atoms with Gasteiger partial charge < -0.3 is 10.1 Å². The Morgan fingerprint density at radius 2 is 2.14 bits per heavy atom. The fourth-order valence-corrected chi connectivity index (χ4v) is 2.49. The molecule has 6 nitrogen and oxygen atoms in total. The van der Waals surface area contributed by atoms with E-state index in [9.17, 15) is 9.59 Å². The molecule has 0 aliphatic carbocycles. The molecule has 0 bridgehead atoms. The molecule has 2 rings (SSSR count). The Morgan fingerprint density at radius 1 is 1.32 bits per heavy atom. The molecular weight excluding hydrogens is 302 g/mol. The zero-order chi connectivity index (χ0) is 15.9. The van der Waals surface area contributed by atoms with Gasteiger partial charge in [-0.25, -0.2) is 9.78 Å². The Labute approximate surface area is 132 Å². The highest BCUT2D eigenvalue weighted by molar-refractivity contribution is 7.13. The average molecular weight is 319 g/mol. The summed E-state index contributed by atoms with van der Waals surface area (Å²) in [6, 6.07) is 7.57. The number of nitrogens with zero attached hydrogens (tertiary/aromatic N) is 1. The van der Waals surface area contributed by atoms with E-state index in [1.165, 1.54) is 11.3 Å². The summed E-state index contributed by atoms with van der Waals surface area (Å²) in [5.74, 6) is -0.154. The first-order valence-corrected chi connectivity index (χ1v) is 7.69. The van der Waals surface area contributed by atoms with E-state index in [0.717, 1.165) is 11.3 Å². The molecule has 0 aliphatic rings. The van der Waals surface area contributed by atoms with Gasteiger partial charge >= 0.3 is 6.09 Å². The number of anilines is 2. The topological polar surface area (TPSA) is 80.3 Å². The van der Waals surface area contributed by atoms with Crippen molar-refractivity contribution >= 4 is 34.2 Å². The quantitative estimate of drug-likeness (QED) is 0.887. The van der Waals surface area contributed by atoms with Crippen molar-refractivity contribution in [3.63, 3.8) is 0 Å². The molecule has 7 heteroatoms. The van der Waals surface area contributed by atoms with Gasteiger partial charge in [-0.1, -0.05) is 12.1 Å². The lowest BCUT2D eigenvalue weighted by molar-refractivity contribution is -0.115. The highest BCUT2D eigenvalue weighted by Gasteiger charge is 2.10. The van der Waals surface area contributed by atoms with E-state index in [4.69, 9.17) is 4.74 Å². The van der Waals surface area contributed by atoms with Crippen molar-refractivity contribution < 1.29 is 14.3 Å². The predicted molar refractivity (Wildman–Crippen MR) is 86.3 cm³/mol. The smallest absolute Gasteiger partial charge is 0.413 e. The number of hydrogen-bond donors (Lipinski definition) is 2. The van der Waals surface area contributed by atoms with Crippen molar-refractivity contribution in [2.24, 2.45) is 0 Å². The van der Waals surface area contributed by atoms with Crippen LogP contribution in [-0.2, 0) is 16.0 Å². The average Bonchev–Trinajstić information content (AvgIpc) is 2.85. The number of hydrogen-bond acceptors (Lipinski definition) is 5. The number of aromatic nitrogens is 1. The van der Waals surface area contributed by atoms with Gasteiger partial charge in [-0.3, -0.25) is 10.1 Å². The van der Waals surface area contributed by atoms with E-state index in [1.54, 1.807) is 12.3 Å². The summed E-state index contributed by atoms with van der Waals surface area (Å²) in [5.41, 5.74) is 2.43. The maximum absolute atomic E-state index is 12.0. The summed E-state index contributed by atoms with van der Waals surface area (Å²) in [6.45, 7) is 3.98. The molecule has 0 aliphatic heterocycles. The van der Waals surface area contributed by atoms with Crippen LogP contribution in [0.3, 0.4) is 0 Å². The van der Waals surface area contributed by atoms with Crippen LogP contribution in [0.4, 0.5) is 15.6 Å². The molecule has 1 heterocycles. The van der Waals surface area contributed by atoms with E-state index in [1.807, 2.05) is 31.2 Å². The SMILES string of the molecule is CCOC(=O)Nc1nc(CC(=O)Nc2cccc(C)c2)cs1. The van der Waals surface area contributed by atoms with Crippen LogP contribution in [0.1, 0.15) is 18.2 Å². The largest absolute Gasteiger partial charge is 0.450 e. The summed E-state index contributed by atoms with van der Waals surface area (Å²) >= 11 is 1.25. The lowest BCUT2D eigenvalue weighted by Crippen LogP contribution is -2.15. The first-order valence-electron chi connectivity index (χ1n) is 6.81. The number of carbonyl (C=O) groups excluding carboxylic acids is 2. The molecule has 116 valence electrons. The van der Waals surface area contributed by atoms with Gasteiger partial charge in [0.25, 0.3) is 0 Å². The number of amides is 2. The molecule has 0 spiro atoms. The number of nitrogens with one attached hydrogen (secondary N) is 2. The molecule has 0 fully saturated rings. The minimum Gasteiger partial charge on any atom is -0.450 e. The third kappa shape index (κ3) is 4.85. The number of aryl methyl sites for hydroxylation is 1. The second kappa shape index (κ2) is 7.56. The molecule has 1 aromatic heterocycles. The molecule has 0 radical (unpaired) electrons. The molecule has 1 aromatic carbocycles. The van der Waals surface area contributed by atoms with Gasteiger partial charge in [0.1, 0.15) is 0 Å². The second-order valence-corrected chi connectivity index (χ2v) is 5.44. The molecule has 2 amide bonds. The third-order valence-electron chi connectivity index (χ3n) is 2.68. The first-order chi connectivity index (χ1) is 10.6.